The van der Waals surface area contributed by atoms with Crippen molar-refractivity contribution in [2.75, 3.05) is 6.54 Å². The number of benzene rings is 2. The van der Waals surface area contributed by atoms with Gasteiger partial charge in [0.25, 0.3) is 0 Å². The van der Waals surface area contributed by atoms with Crippen LogP contribution in [0.15, 0.2) is 60.7 Å². The van der Waals surface area contributed by atoms with Crippen molar-refractivity contribution in [2.45, 2.75) is 25.0 Å². The van der Waals surface area contributed by atoms with Crippen molar-refractivity contribution < 1.29 is 5.11 Å². The highest BCUT2D eigenvalue weighted by Gasteiger charge is 2.27. The zero-order valence-corrected chi connectivity index (χ0v) is 11.6. The lowest BCUT2D eigenvalue weighted by Gasteiger charge is -2.33. The number of aliphatic hydroxyl groups excluding tert-OH is 1. The third-order valence-electron chi connectivity index (χ3n) is 4.09. The molecule has 0 aromatic heterocycles. The summed E-state index contributed by atoms with van der Waals surface area (Å²) in [5.74, 6) is 0.611. The van der Waals surface area contributed by atoms with Crippen LogP contribution >= 0.6 is 0 Å². The molecular weight excluding hydrogens is 246 g/mol. The van der Waals surface area contributed by atoms with Crippen LogP contribution in [0.1, 0.15) is 30.0 Å². The Labute approximate surface area is 120 Å². The van der Waals surface area contributed by atoms with Crippen LogP contribution in [-0.4, -0.2) is 17.8 Å². The van der Waals surface area contributed by atoms with Gasteiger partial charge < -0.3 is 10.4 Å². The minimum atomic E-state index is -0.0753. The summed E-state index contributed by atoms with van der Waals surface area (Å²) in [6, 6.07) is 21.3. The summed E-state index contributed by atoms with van der Waals surface area (Å²) in [4.78, 5) is 0. The van der Waals surface area contributed by atoms with Gasteiger partial charge in [-0.15, -0.1) is 0 Å². The highest BCUT2D eigenvalue weighted by Crippen LogP contribution is 2.28. The van der Waals surface area contributed by atoms with E-state index in [1.807, 2.05) is 12.1 Å². The van der Waals surface area contributed by atoms with Gasteiger partial charge in [-0.1, -0.05) is 60.7 Å². The van der Waals surface area contributed by atoms with Crippen LogP contribution in [0.5, 0.6) is 0 Å². The Balaban J connectivity index is 1.74. The van der Waals surface area contributed by atoms with Gasteiger partial charge in [-0.3, -0.25) is 0 Å². The standard InChI is InChI=1S/C18H21NO/c20-17-11-14(12-17)13-19-18(15-7-3-1-4-8-15)16-9-5-2-6-10-16/h1-10,14,17-20H,11-13H2. The fraction of sp³-hybridized carbons (Fsp3) is 0.333. The Hall–Kier alpha value is -1.64. The first kappa shape index (κ1) is 13.3. The summed E-state index contributed by atoms with van der Waals surface area (Å²) >= 11 is 0. The lowest BCUT2D eigenvalue weighted by atomic mass is 9.82. The molecule has 0 aliphatic heterocycles. The van der Waals surface area contributed by atoms with E-state index in [1.54, 1.807) is 0 Å². The number of hydrogen-bond acceptors (Lipinski definition) is 2. The van der Waals surface area contributed by atoms with Gasteiger partial charge >= 0.3 is 0 Å². The molecule has 0 amide bonds. The quantitative estimate of drug-likeness (QED) is 0.872. The van der Waals surface area contributed by atoms with Crippen LogP contribution in [0.2, 0.25) is 0 Å². The van der Waals surface area contributed by atoms with Crippen molar-refractivity contribution in [1.29, 1.82) is 0 Å². The van der Waals surface area contributed by atoms with E-state index >= 15 is 0 Å². The smallest absolute Gasteiger partial charge is 0.0576 e. The number of hydrogen-bond donors (Lipinski definition) is 2. The van der Waals surface area contributed by atoms with Crippen molar-refractivity contribution in [3.05, 3.63) is 71.8 Å². The minimum absolute atomic E-state index is 0.0753. The van der Waals surface area contributed by atoms with Gasteiger partial charge in [0.1, 0.15) is 0 Å². The predicted molar refractivity (Wildman–Crippen MR) is 81.5 cm³/mol. The maximum absolute atomic E-state index is 9.39. The minimum Gasteiger partial charge on any atom is -0.393 e. The Kier molecular flexibility index (Phi) is 4.14. The van der Waals surface area contributed by atoms with Crippen LogP contribution in [0.25, 0.3) is 0 Å². The second-order valence-electron chi connectivity index (χ2n) is 5.65. The second-order valence-corrected chi connectivity index (χ2v) is 5.65. The molecule has 2 nitrogen and oxygen atoms in total. The third kappa shape index (κ3) is 3.09. The fourth-order valence-corrected chi connectivity index (χ4v) is 2.87. The van der Waals surface area contributed by atoms with Crippen molar-refractivity contribution >= 4 is 0 Å². The normalized spacial score (nSPS) is 21.7. The zero-order valence-electron chi connectivity index (χ0n) is 11.6. The van der Waals surface area contributed by atoms with Crippen molar-refractivity contribution in [3.63, 3.8) is 0 Å². The summed E-state index contributed by atoms with van der Waals surface area (Å²) in [6.45, 7) is 0.964. The molecule has 2 heteroatoms. The fourth-order valence-electron chi connectivity index (χ4n) is 2.87. The van der Waals surface area contributed by atoms with E-state index in [4.69, 9.17) is 0 Å². The third-order valence-corrected chi connectivity index (χ3v) is 4.09. The van der Waals surface area contributed by atoms with Crippen LogP contribution in [-0.2, 0) is 0 Å². The molecule has 104 valence electrons. The molecule has 2 N–H and O–H groups in total. The van der Waals surface area contributed by atoms with Gasteiger partial charge in [0.15, 0.2) is 0 Å². The van der Waals surface area contributed by atoms with Gasteiger partial charge in [0.05, 0.1) is 12.1 Å². The highest BCUT2D eigenvalue weighted by atomic mass is 16.3. The van der Waals surface area contributed by atoms with Crippen LogP contribution in [0, 0.1) is 5.92 Å². The number of rotatable bonds is 5. The summed E-state index contributed by atoms with van der Waals surface area (Å²) < 4.78 is 0. The van der Waals surface area contributed by atoms with Crippen LogP contribution in [0.3, 0.4) is 0 Å². The molecule has 1 aliphatic carbocycles. The first-order chi connectivity index (χ1) is 9.83. The molecule has 1 fully saturated rings. The summed E-state index contributed by atoms with van der Waals surface area (Å²) in [5.41, 5.74) is 2.58. The average Bonchev–Trinajstić information content (AvgIpc) is 2.48. The molecule has 20 heavy (non-hydrogen) atoms. The first-order valence-corrected chi connectivity index (χ1v) is 7.34. The molecule has 0 heterocycles. The van der Waals surface area contributed by atoms with E-state index in [0.29, 0.717) is 5.92 Å². The molecular formula is C18H21NO. The number of nitrogens with one attached hydrogen (secondary N) is 1. The largest absolute Gasteiger partial charge is 0.393 e. The average molecular weight is 267 g/mol. The lowest BCUT2D eigenvalue weighted by Crippen LogP contribution is -2.37. The van der Waals surface area contributed by atoms with E-state index in [-0.39, 0.29) is 12.1 Å². The summed E-state index contributed by atoms with van der Waals surface area (Å²) in [5, 5.41) is 13.1. The molecule has 0 saturated heterocycles. The lowest BCUT2D eigenvalue weighted by molar-refractivity contribution is 0.0423. The van der Waals surface area contributed by atoms with Gasteiger partial charge in [-0.2, -0.15) is 0 Å². The van der Waals surface area contributed by atoms with E-state index in [0.717, 1.165) is 19.4 Å². The first-order valence-electron chi connectivity index (χ1n) is 7.34. The molecule has 3 rings (SSSR count). The van der Waals surface area contributed by atoms with Crippen LogP contribution in [0.4, 0.5) is 0 Å². The Morgan fingerprint density at radius 2 is 1.40 bits per heavy atom. The van der Waals surface area contributed by atoms with Crippen molar-refractivity contribution in [2.24, 2.45) is 5.92 Å². The molecule has 0 spiro atoms. The van der Waals surface area contributed by atoms with E-state index in [2.05, 4.69) is 53.8 Å². The Bertz CT molecular complexity index is 480. The van der Waals surface area contributed by atoms with Crippen molar-refractivity contribution in [1.82, 2.24) is 5.32 Å². The maximum Gasteiger partial charge on any atom is 0.0576 e. The van der Waals surface area contributed by atoms with Crippen molar-refractivity contribution in [3.8, 4) is 0 Å². The molecule has 2 aromatic rings. The number of aliphatic hydroxyl groups is 1. The van der Waals surface area contributed by atoms with Gasteiger partial charge in [0.2, 0.25) is 0 Å². The molecule has 0 radical (unpaired) electrons. The highest BCUT2D eigenvalue weighted by molar-refractivity contribution is 5.31. The SMILES string of the molecule is OC1CC(CNC(c2ccccc2)c2ccccc2)C1. The van der Waals surface area contributed by atoms with E-state index < -0.39 is 0 Å². The topological polar surface area (TPSA) is 32.3 Å². The summed E-state index contributed by atoms with van der Waals surface area (Å²) in [6.07, 6.45) is 1.79. The predicted octanol–water partition coefficient (Wildman–Crippen LogP) is 3.14. The van der Waals surface area contributed by atoms with E-state index in [1.165, 1.54) is 11.1 Å². The van der Waals surface area contributed by atoms with Gasteiger partial charge in [-0.05, 0) is 36.4 Å². The molecule has 1 saturated carbocycles. The molecule has 2 aromatic carbocycles. The molecule has 1 aliphatic rings. The van der Waals surface area contributed by atoms with Gasteiger partial charge in [-0.25, -0.2) is 0 Å². The summed E-state index contributed by atoms with van der Waals surface area (Å²) in [7, 11) is 0. The van der Waals surface area contributed by atoms with Crippen LogP contribution < -0.4 is 5.32 Å². The molecule has 0 bridgehead atoms. The zero-order chi connectivity index (χ0) is 13.8. The van der Waals surface area contributed by atoms with E-state index in [9.17, 15) is 5.11 Å². The Morgan fingerprint density at radius 3 is 1.85 bits per heavy atom. The van der Waals surface area contributed by atoms with Gasteiger partial charge in [0, 0.05) is 0 Å². The second kappa shape index (κ2) is 6.21. The maximum atomic E-state index is 9.39. The molecule has 0 atom stereocenters. The molecule has 0 unspecified atom stereocenters. The monoisotopic (exact) mass is 267 g/mol. The Morgan fingerprint density at radius 1 is 0.900 bits per heavy atom.